The molecule has 1 aliphatic heterocycles. The van der Waals surface area contributed by atoms with Gasteiger partial charge in [0.25, 0.3) is 5.91 Å². The average molecular weight is 661 g/mol. The van der Waals surface area contributed by atoms with Gasteiger partial charge in [0.15, 0.2) is 10.9 Å². The number of aromatic amines is 1. The van der Waals surface area contributed by atoms with Crippen LogP contribution < -0.4 is 16.0 Å². The third-order valence-electron chi connectivity index (χ3n) is 6.24. The maximum absolute atomic E-state index is 13.7. The van der Waals surface area contributed by atoms with Crippen molar-refractivity contribution >= 4 is 65.1 Å². The van der Waals surface area contributed by atoms with E-state index in [1.165, 1.54) is 15.4 Å². The third kappa shape index (κ3) is 6.56. The second-order valence-electron chi connectivity index (χ2n) is 8.53. The Bertz CT molecular complexity index is 1240. The Morgan fingerprint density at radius 3 is 2.62 bits per heavy atom. The number of benzene rings is 2. The molecule has 7 nitrogen and oxygen atoms in total. The van der Waals surface area contributed by atoms with Crippen LogP contribution in [0, 0.1) is 5.92 Å². The normalized spacial score (nSPS) is 18.4. The molecule has 1 amide bonds. The first-order chi connectivity index (χ1) is 17.7. The van der Waals surface area contributed by atoms with Crippen molar-refractivity contribution in [3.05, 3.63) is 77.7 Å². The fourth-order valence-electron chi connectivity index (χ4n) is 4.41. The number of carbonyl (C=O) groups excluding carboxylic acids is 1. The summed E-state index contributed by atoms with van der Waals surface area (Å²) in [6.07, 6.45) is -2.89. The van der Waals surface area contributed by atoms with E-state index in [-0.39, 0.29) is 36.0 Å². The van der Waals surface area contributed by atoms with Crippen molar-refractivity contribution in [2.75, 3.05) is 16.8 Å². The monoisotopic (exact) mass is 660 g/mol. The lowest BCUT2D eigenvalue weighted by molar-refractivity contribution is -0.186. The number of aromatic nitrogens is 2. The van der Waals surface area contributed by atoms with Crippen LogP contribution in [0.15, 0.2) is 60.9 Å². The number of carbonyl (C=O) groups is 1. The molecule has 0 bridgehead atoms. The molecule has 37 heavy (non-hydrogen) atoms. The largest absolute Gasteiger partial charge is 0.391 e. The van der Waals surface area contributed by atoms with Gasteiger partial charge in [0.05, 0.1) is 18.8 Å². The summed E-state index contributed by atoms with van der Waals surface area (Å²) in [6, 6.07) is 16.2. The Kier molecular flexibility index (Phi) is 8.98. The van der Waals surface area contributed by atoms with E-state index in [4.69, 9.17) is 18.0 Å². The second-order valence-corrected chi connectivity index (χ2v) is 10.7. The Morgan fingerprint density at radius 1 is 1.24 bits per heavy atom. The summed E-state index contributed by atoms with van der Waals surface area (Å²) in [5.74, 6) is -1.86. The highest BCUT2D eigenvalue weighted by Gasteiger charge is 2.45. The highest BCUT2D eigenvalue weighted by Crippen LogP contribution is 2.46. The molecule has 0 aliphatic carbocycles. The zero-order chi connectivity index (χ0) is 26.6. The number of alkyl halides is 3. The van der Waals surface area contributed by atoms with Crippen LogP contribution in [0.1, 0.15) is 40.5 Å². The maximum Gasteiger partial charge on any atom is 0.391 e. The van der Waals surface area contributed by atoms with Gasteiger partial charge in [0.2, 0.25) is 0 Å². The van der Waals surface area contributed by atoms with Crippen LogP contribution in [0.5, 0.6) is 0 Å². The molecule has 1 aliphatic rings. The molecule has 0 saturated carbocycles. The number of nitrogens with two attached hydrogens (primary N) is 1. The van der Waals surface area contributed by atoms with E-state index in [9.17, 15) is 18.0 Å². The number of hydrogen-bond acceptors (Lipinski definition) is 5. The molecule has 2 unspecified atom stereocenters. The molecule has 2 aromatic carbocycles. The molecule has 1 aromatic heterocycles. The standard InChI is InChI=1S/C24H24F3IN6OS2/c25-24(26,27)16-10-11-34(37-28)19(12-16)18-9-5-4-6-15(18)13-33(22-20(21(29)35)30-14-31-22)23(36)32-17-7-2-1-3-8-17/h1-9,14,16,19H,10-13H2,(H2,29,35)(H,30,31)(H,32,36). The minimum absolute atomic E-state index is 0.0435. The first kappa shape index (κ1) is 27.7. The zero-order valence-corrected chi connectivity index (χ0v) is 23.2. The average Bonchev–Trinajstić information content (AvgIpc) is 3.37. The molecule has 0 radical (unpaired) electrons. The lowest BCUT2D eigenvalue weighted by Gasteiger charge is -2.39. The smallest absolute Gasteiger partial charge is 0.364 e. The van der Waals surface area contributed by atoms with Crippen LogP contribution in [0.4, 0.5) is 24.7 Å². The van der Waals surface area contributed by atoms with Gasteiger partial charge >= 0.3 is 6.18 Å². The van der Waals surface area contributed by atoms with E-state index in [0.717, 1.165) is 16.8 Å². The first-order valence-electron chi connectivity index (χ1n) is 11.4. The highest BCUT2D eigenvalue weighted by molar-refractivity contribution is 14.2. The number of para-hydroxylation sites is 1. The fourth-order valence-corrected chi connectivity index (χ4v) is 6.56. The van der Waals surface area contributed by atoms with Gasteiger partial charge < -0.3 is 16.0 Å². The molecule has 13 heteroatoms. The van der Waals surface area contributed by atoms with Crippen LogP contribution in [-0.4, -0.2) is 38.0 Å². The number of piperidine rings is 1. The number of thiocarbonyl (C=S) groups is 1. The van der Waals surface area contributed by atoms with Gasteiger partial charge in [-0.05, 0) is 57.4 Å². The highest BCUT2D eigenvalue weighted by atomic mass is 127. The topological polar surface area (TPSA) is 90.3 Å². The molecule has 4 N–H and O–H groups in total. The second kappa shape index (κ2) is 12.0. The minimum Gasteiger partial charge on any atom is -0.364 e. The van der Waals surface area contributed by atoms with Crippen molar-refractivity contribution in [2.45, 2.75) is 31.6 Å². The predicted octanol–water partition coefficient (Wildman–Crippen LogP) is 6.23. The van der Waals surface area contributed by atoms with Gasteiger partial charge in [-0.2, -0.15) is 13.2 Å². The Balaban J connectivity index is 1.71. The molecular weight excluding hydrogens is 636 g/mol. The van der Waals surface area contributed by atoms with Crippen LogP contribution in [-0.2, 0) is 6.54 Å². The van der Waals surface area contributed by atoms with Gasteiger partial charge in [-0.3, -0.25) is 9.69 Å². The molecule has 0 spiro atoms. The van der Waals surface area contributed by atoms with Gasteiger partial charge in [-0.1, -0.05) is 42.5 Å². The van der Waals surface area contributed by atoms with Gasteiger partial charge in [-0.25, -0.2) is 9.29 Å². The van der Waals surface area contributed by atoms with Crippen LogP contribution in [0.25, 0.3) is 0 Å². The van der Waals surface area contributed by atoms with E-state index >= 15 is 0 Å². The summed E-state index contributed by atoms with van der Waals surface area (Å²) in [6.45, 7) is 0.479. The van der Waals surface area contributed by atoms with Gasteiger partial charge in [0.1, 0.15) is 5.69 Å². The number of imidazole rings is 1. The minimum atomic E-state index is -4.26. The van der Waals surface area contributed by atoms with Crippen LogP contribution in [0.3, 0.4) is 0 Å². The van der Waals surface area contributed by atoms with Crippen molar-refractivity contribution in [3.63, 3.8) is 0 Å². The molecule has 1 saturated heterocycles. The van der Waals surface area contributed by atoms with Gasteiger partial charge in [0, 0.05) is 39.5 Å². The third-order valence-corrected chi connectivity index (χ3v) is 8.69. The summed E-state index contributed by atoms with van der Waals surface area (Å²) in [4.78, 5) is 20.8. The number of halogens is 4. The molecule has 3 aromatic rings. The summed E-state index contributed by atoms with van der Waals surface area (Å²) < 4.78 is 43.0. The molecule has 4 rings (SSSR count). The van der Waals surface area contributed by atoms with Crippen molar-refractivity contribution in [2.24, 2.45) is 11.7 Å². The summed E-state index contributed by atoms with van der Waals surface area (Å²) >= 11 is 7.82. The number of primary amides is 1. The molecular formula is C24H24F3IN6OS2. The number of amides is 1. The summed E-state index contributed by atoms with van der Waals surface area (Å²) in [5.41, 5.74) is 7.91. The number of H-pyrrole nitrogens is 1. The number of rotatable bonds is 7. The van der Waals surface area contributed by atoms with Crippen molar-refractivity contribution < 1.29 is 18.0 Å². The Morgan fingerprint density at radius 2 is 1.95 bits per heavy atom. The van der Waals surface area contributed by atoms with E-state index in [0.29, 0.717) is 6.54 Å². The number of nitrogens with zero attached hydrogens (tertiary/aromatic N) is 3. The predicted molar refractivity (Wildman–Crippen MR) is 152 cm³/mol. The lowest BCUT2D eigenvalue weighted by Crippen LogP contribution is -2.39. The number of hydrogen-bond donors (Lipinski definition) is 3. The van der Waals surface area contributed by atoms with E-state index in [1.807, 2.05) is 58.9 Å². The maximum atomic E-state index is 13.7. The SMILES string of the molecule is NC(=O)c1[nH]cnc1N(Cc1ccccc1C1CC(C(F)(F)F)CCN1SI)C(=S)Nc1ccccc1. The molecule has 1 fully saturated rings. The molecule has 2 heterocycles. The first-order valence-corrected chi connectivity index (χ1v) is 15.1. The van der Waals surface area contributed by atoms with Gasteiger partial charge in [-0.15, -0.1) is 0 Å². The summed E-state index contributed by atoms with van der Waals surface area (Å²) in [5, 5.41) is 3.41. The fraction of sp³-hybridized carbons (Fsp3) is 0.292. The molecule has 2 atom stereocenters. The van der Waals surface area contributed by atoms with Crippen molar-refractivity contribution in [1.82, 2.24) is 14.3 Å². The number of anilines is 2. The molecule has 196 valence electrons. The van der Waals surface area contributed by atoms with Crippen LogP contribution in [0.2, 0.25) is 0 Å². The van der Waals surface area contributed by atoms with Crippen molar-refractivity contribution in [1.29, 1.82) is 0 Å². The van der Waals surface area contributed by atoms with E-state index in [2.05, 4.69) is 36.5 Å². The Hall–Kier alpha value is -2.36. The summed E-state index contributed by atoms with van der Waals surface area (Å²) in [7, 11) is 1.41. The van der Waals surface area contributed by atoms with E-state index in [1.54, 1.807) is 4.90 Å². The lowest BCUT2D eigenvalue weighted by atomic mass is 9.86. The van der Waals surface area contributed by atoms with E-state index < -0.39 is 24.0 Å². The van der Waals surface area contributed by atoms with Crippen LogP contribution >= 0.6 is 42.5 Å². The zero-order valence-electron chi connectivity index (χ0n) is 19.4. The number of nitrogens with one attached hydrogen (secondary N) is 2. The Labute approximate surface area is 234 Å². The van der Waals surface area contributed by atoms with Crippen molar-refractivity contribution in [3.8, 4) is 0 Å². The quantitative estimate of drug-likeness (QED) is 0.158.